The lowest BCUT2D eigenvalue weighted by molar-refractivity contribution is -0.150. The van der Waals surface area contributed by atoms with E-state index in [9.17, 15) is 9.59 Å². The first-order chi connectivity index (χ1) is 18.6. The Morgan fingerprint density at radius 2 is 0.974 bits per heavy atom. The summed E-state index contributed by atoms with van der Waals surface area (Å²) >= 11 is 0. The summed E-state index contributed by atoms with van der Waals surface area (Å²) in [5, 5.41) is 8.80. The van der Waals surface area contributed by atoms with Gasteiger partial charge in [0.2, 0.25) is 0 Å². The highest BCUT2D eigenvalue weighted by atomic mass is 16.5. The first-order valence-electron chi connectivity index (χ1n) is 16.7. The van der Waals surface area contributed by atoms with Crippen molar-refractivity contribution in [2.75, 3.05) is 0 Å². The van der Waals surface area contributed by atoms with Crippen molar-refractivity contribution in [1.29, 1.82) is 0 Å². The zero-order valence-electron chi connectivity index (χ0n) is 25.5. The molecule has 4 nitrogen and oxygen atoms in total. The number of carboxylic acid groups (broad SMARTS) is 1. The molecular formula is C34H64O4. The minimum absolute atomic E-state index is 0.0215. The van der Waals surface area contributed by atoms with Gasteiger partial charge in [0.05, 0.1) is 0 Å². The second-order valence-corrected chi connectivity index (χ2v) is 11.3. The maximum Gasteiger partial charge on any atom is 0.306 e. The summed E-state index contributed by atoms with van der Waals surface area (Å²) in [7, 11) is 0. The van der Waals surface area contributed by atoms with Gasteiger partial charge >= 0.3 is 11.9 Å². The largest absolute Gasteiger partial charge is 0.481 e. The van der Waals surface area contributed by atoms with Crippen LogP contribution in [0, 0.1) is 0 Å². The molecule has 38 heavy (non-hydrogen) atoms. The summed E-state index contributed by atoms with van der Waals surface area (Å²) < 4.78 is 5.93. The van der Waals surface area contributed by atoms with Crippen molar-refractivity contribution in [3.63, 3.8) is 0 Å². The molecule has 4 heteroatoms. The van der Waals surface area contributed by atoms with E-state index < -0.39 is 5.97 Å². The number of hydrogen-bond donors (Lipinski definition) is 1. The quantitative estimate of drug-likeness (QED) is 0.0563. The van der Waals surface area contributed by atoms with Crippen LogP contribution in [0.25, 0.3) is 0 Å². The minimum Gasteiger partial charge on any atom is -0.481 e. The Kier molecular flexibility index (Phi) is 29.2. The third-order valence-electron chi connectivity index (χ3n) is 7.49. The highest BCUT2D eigenvalue weighted by Gasteiger charge is 2.14. The van der Waals surface area contributed by atoms with Gasteiger partial charge in [-0.3, -0.25) is 9.59 Å². The monoisotopic (exact) mass is 536 g/mol. The van der Waals surface area contributed by atoms with E-state index in [4.69, 9.17) is 9.84 Å². The molecule has 0 fully saturated rings. The van der Waals surface area contributed by atoms with E-state index in [0.29, 0.717) is 6.42 Å². The Labute approximate surface area is 236 Å². The van der Waals surface area contributed by atoms with Crippen molar-refractivity contribution in [3.8, 4) is 0 Å². The molecule has 0 aromatic carbocycles. The fourth-order valence-electron chi connectivity index (χ4n) is 4.99. The van der Waals surface area contributed by atoms with Gasteiger partial charge in [-0.25, -0.2) is 0 Å². The molecule has 1 N–H and O–H groups in total. The normalized spacial score (nSPS) is 12.3. The third kappa shape index (κ3) is 29.2. The number of ether oxygens (including phenoxy) is 1. The van der Waals surface area contributed by atoms with Crippen LogP contribution in [0.4, 0.5) is 0 Å². The third-order valence-corrected chi connectivity index (χ3v) is 7.49. The van der Waals surface area contributed by atoms with Crippen molar-refractivity contribution >= 4 is 11.9 Å². The second-order valence-electron chi connectivity index (χ2n) is 11.3. The molecule has 1 atom stereocenters. The molecule has 0 aromatic rings. The second kappa shape index (κ2) is 30.2. The van der Waals surface area contributed by atoms with E-state index in [1.54, 1.807) is 0 Å². The highest BCUT2D eigenvalue weighted by molar-refractivity contribution is 5.69. The number of aliphatic carboxylic acids is 1. The molecule has 0 spiro atoms. The van der Waals surface area contributed by atoms with Crippen molar-refractivity contribution in [3.05, 3.63) is 12.2 Å². The SMILES string of the molecule is CCCC/C=C\CCCCCCCC(=O)OC(CCCCCCCCCCCC)CCCCCCC(=O)O. The molecule has 0 rings (SSSR count). The van der Waals surface area contributed by atoms with Crippen molar-refractivity contribution in [2.24, 2.45) is 0 Å². The number of carboxylic acids is 1. The Morgan fingerprint density at radius 3 is 1.50 bits per heavy atom. The molecule has 0 aliphatic heterocycles. The molecule has 0 aromatic heterocycles. The summed E-state index contributed by atoms with van der Waals surface area (Å²) in [5.41, 5.74) is 0. The summed E-state index contributed by atoms with van der Waals surface area (Å²) in [6.07, 6.45) is 35.0. The number of carbonyl (C=O) groups is 2. The Morgan fingerprint density at radius 1 is 0.553 bits per heavy atom. The van der Waals surface area contributed by atoms with Crippen LogP contribution >= 0.6 is 0 Å². The molecular weight excluding hydrogens is 472 g/mol. The number of allylic oxidation sites excluding steroid dienone is 2. The minimum atomic E-state index is -0.711. The van der Waals surface area contributed by atoms with Gasteiger partial charge < -0.3 is 9.84 Å². The topological polar surface area (TPSA) is 63.6 Å². The highest BCUT2D eigenvalue weighted by Crippen LogP contribution is 2.18. The zero-order valence-corrected chi connectivity index (χ0v) is 25.5. The molecule has 0 bridgehead atoms. The van der Waals surface area contributed by atoms with Crippen molar-refractivity contribution < 1.29 is 19.4 Å². The average molecular weight is 537 g/mol. The van der Waals surface area contributed by atoms with Crippen LogP contribution in [0.3, 0.4) is 0 Å². The Hall–Kier alpha value is -1.32. The lowest BCUT2D eigenvalue weighted by Crippen LogP contribution is -2.18. The van der Waals surface area contributed by atoms with Gasteiger partial charge in [-0.05, 0) is 57.8 Å². The number of esters is 1. The average Bonchev–Trinajstić information content (AvgIpc) is 2.89. The fraction of sp³-hybridized carbons (Fsp3) is 0.882. The Balaban J connectivity index is 4.04. The predicted molar refractivity (Wildman–Crippen MR) is 163 cm³/mol. The number of carbonyl (C=O) groups excluding carboxylic acids is 1. The van der Waals surface area contributed by atoms with Gasteiger partial charge in [0.1, 0.15) is 6.10 Å². The number of rotatable bonds is 30. The molecule has 0 heterocycles. The number of hydrogen-bond acceptors (Lipinski definition) is 3. The molecule has 0 aliphatic carbocycles. The smallest absolute Gasteiger partial charge is 0.306 e. The molecule has 0 amide bonds. The predicted octanol–water partition coefficient (Wildman–Crippen LogP) is 11.1. The van der Waals surface area contributed by atoms with E-state index >= 15 is 0 Å². The van der Waals surface area contributed by atoms with Gasteiger partial charge in [-0.2, -0.15) is 0 Å². The van der Waals surface area contributed by atoms with Gasteiger partial charge in [-0.1, -0.05) is 129 Å². The van der Waals surface area contributed by atoms with E-state index in [1.807, 2.05) is 0 Å². The van der Waals surface area contributed by atoms with Gasteiger partial charge in [-0.15, -0.1) is 0 Å². The molecule has 224 valence electrons. The first-order valence-corrected chi connectivity index (χ1v) is 16.7. The van der Waals surface area contributed by atoms with E-state index in [2.05, 4.69) is 26.0 Å². The maximum absolute atomic E-state index is 12.5. The standard InChI is InChI=1S/C34H64O4/c1-3-5-7-9-11-13-15-17-19-21-27-31-34(37)38-32(29-25-22-23-26-30-33(35)36)28-24-20-18-16-14-12-10-8-6-4-2/h9,11,32H,3-8,10,12-31H2,1-2H3,(H,35,36)/b11-9-. The summed E-state index contributed by atoms with van der Waals surface area (Å²) in [6, 6.07) is 0. The fourth-order valence-corrected chi connectivity index (χ4v) is 4.99. The lowest BCUT2D eigenvalue weighted by Gasteiger charge is -2.18. The van der Waals surface area contributed by atoms with Crippen molar-refractivity contribution in [2.45, 2.75) is 193 Å². The van der Waals surface area contributed by atoms with E-state index in [1.165, 1.54) is 103 Å². The van der Waals surface area contributed by atoms with E-state index in [-0.39, 0.29) is 18.5 Å². The van der Waals surface area contributed by atoms with Crippen LogP contribution in [0.1, 0.15) is 187 Å². The van der Waals surface area contributed by atoms with Gasteiger partial charge in [0.15, 0.2) is 0 Å². The van der Waals surface area contributed by atoms with Gasteiger partial charge in [0, 0.05) is 12.8 Å². The maximum atomic E-state index is 12.5. The molecule has 0 saturated carbocycles. The van der Waals surface area contributed by atoms with E-state index in [0.717, 1.165) is 57.8 Å². The summed E-state index contributed by atoms with van der Waals surface area (Å²) in [4.78, 5) is 23.2. The lowest BCUT2D eigenvalue weighted by atomic mass is 10.0. The Bertz CT molecular complexity index is 543. The molecule has 0 radical (unpaired) electrons. The van der Waals surface area contributed by atoms with Crippen LogP contribution in [-0.2, 0) is 14.3 Å². The van der Waals surface area contributed by atoms with Gasteiger partial charge in [0.25, 0.3) is 0 Å². The summed E-state index contributed by atoms with van der Waals surface area (Å²) in [5.74, 6) is -0.733. The van der Waals surface area contributed by atoms with Crippen LogP contribution in [0.15, 0.2) is 12.2 Å². The zero-order chi connectivity index (χ0) is 27.9. The summed E-state index contributed by atoms with van der Waals surface area (Å²) in [6.45, 7) is 4.50. The number of unbranched alkanes of at least 4 members (excludes halogenated alkanes) is 19. The van der Waals surface area contributed by atoms with Crippen LogP contribution in [-0.4, -0.2) is 23.1 Å². The molecule has 1 unspecified atom stereocenters. The molecule has 0 aliphatic rings. The van der Waals surface area contributed by atoms with Crippen LogP contribution < -0.4 is 0 Å². The van der Waals surface area contributed by atoms with Crippen LogP contribution in [0.5, 0.6) is 0 Å². The first kappa shape index (κ1) is 36.7. The van der Waals surface area contributed by atoms with Crippen molar-refractivity contribution in [1.82, 2.24) is 0 Å². The van der Waals surface area contributed by atoms with Crippen LogP contribution in [0.2, 0.25) is 0 Å². The molecule has 0 saturated heterocycles.